The number of nitrogens with one attached hydrogen (secondary N) is 1. The van der Waals surface area contributed by atoms with E-state index in [1.165, 1.54) is 6.07 Å². The second kappa shape index (κ2) is 6.32. The third kappa shape index (κ3) is 3.53. The Bertz CT molecular complexity index is 526. The molecule has 1 N–H and O–H groups in total. The fourth-order valence-electron chi connectivity index (χ4n) is 2.08. The van der Waals surface area contributed by atoms with E-state index in [4.69, 9.17) is 0 Å². The SMILES string of the molecule is CCCC(Nc1ccc(F)c(F)c1)c1ccccc1. The lowest BCUT2D eigenvalue weighted by molar-refractivity contribution is 0.508. The van der Waals surface area contributed by atoms with Crippen LogP contribution in [0.25, 0.3) is 0 Å². The van der Waals surface area contributed by atoms with Crippen LogP contribution in [-0.2, 0) is 0 Å². The van der Waals surface area contributed by atoms with Gasteiger partial charge in [0.2, 0.25) is 0 Å². The second-order valence-corrected chi connectivity index (χ2v) is 4.53. The number of anilines is 1. The molecule has 1 unspecified atom stereocenters. The summed E-state index contributed by atoms with van der Waals surface area (Å²) in [6.45, 7) is 2.10. The van der Waals surface area contributed by atoms with Crippen LogP contribution in [0, 0.1) is 11.6 Å². The van der Waals surface area contributed by atoms with E-state index in [0.29, 0.717) is 5.69 Å². The monoisotopic (exact) mass is 261 g/mol. The summed E-state index contributed by atoms with van der Waals surface area (Å²) in [5.74, 6) is -1.65. The van der Waals surface area contributed by atoms with Gasteiger partial charge in [-0.1, -0.05) is 43.7 Å². The summed E-state index contributed by atoms with van der Waals surface area (Å²) in [6.07, 6.45) is 1.94. The molecular weight excluding hydrogens is 244 g/mol. The zero-order valence-electron chi connectivity index (χ0n) is 10.9. The molecule has 0 amide bonds. The molecular formula is C16H17F2N. The number of rotatable bonds is 5. The molecule has 2 aromatic carbocycles. The number of hydrogen-bond donors (Lipinski definition) is 1. The lowest BCUT2D eigenvalue weighted by Crippen LogP contribution is -2.10. The molecule has 0 saturated heterocycles. The normalized spacial score (nSPS) is 12.2. The predicted molar refractivity (Wildman–Crippen MR) is 74.1 cm³/mol. The molecule has 0 aliphatic rings. The minimum Gasteiger partial charge on any atom is -0.378 e. The third-order valence-corrected chi connectivity index (χ3v) is 3.04. The van der Waals surface area contributed by atoms with Gasteiger partial charge in [0.1, 0.15) is 0 Å². The van der Waals surface area contributed by atoms with Crippen LogP contribution in [-0.4, -0.2) is 0 Å². The lowest BCUT2D eigenvalue weighted by atomic mass is 10.0. The van der Waals surface area contributed by atoms with Crippen LogP contribution in [0.1, 0.15) is 31.4 Å². The maximum Gasteiger partial charge on any atom is 0.160 e. The molecule has 2 aromatic rings. The van der Waals surface area contributed by atoms with Crippen molar-refractivity contribution in [3.05, 3.63) is 65.7 Å². The van der Waals surface area contributed by atoms with Crippen molar-refractivity contribution in [2.24, 2.45) is 0 Å². The van der Waals surface area contributed by atoms with Crippen LogP contribution in [0.5, 0.6) is 0 Å². The van der Waals surface area contributed by atoms with Crippen molar-refractivity contribution in [3.8, 4) is 0 Å². The van der Waals surface area contributed by atoms with Gasteiger partial charge in [-0.05, 0) is 24.1 Å². The van der Waals surface area contributed by atoms with Crippen LogP contribution < -0.4 is 5.32 Å². The molecule has 19 heavy (non-hydrogen) atoms. The molecule has 0 spiro atoms. The summed E-state index contributed by atoms with van der Waals surface area (Å²) in [7, 11) is 0. The van der Waals surface area contributed by atoms with E-state index in [2.05, 4.69) is 12.2 Å². The average molecular weight is 261 g/mol. The molecule has 0 radical (unpaired) electrons. The molecule has 1 atom stereocenters. The summed E-state index contributed by atoms with van der Waals surface area (Å²) in [6, 6.07) is 14.0. The summed E-state index contributed by atoms with van der Waals surface area (Å²) >= 11 is 0. The Balaban J connectivity index is 2.19. The Hall–Kier alpha value is -1.90. The van der Waals surface area contributed by atoms with Crippen LogP contribution in [0.3, 0.4) is 0 Å². The zero-order valence-corrected chi connectivity index (χ0v) is 10.9. The van der Waals surface area contributed by atoms with E-state index in [-0.39, 0.29) is 6.04 Å². The maximum atomic E-state index is 13.2. The van der Waals surface area contributed by atoms with Gasteiger partial charge in [0.15, 0.2) is 11.6 Å². The third-order valence-electron chi connectivity index (χ3n) is 3.04. The zero-order chi connectivity index (χ0) is 13.7. The topological polar surface area (TPSA) is 12.0 Å². The van der Waals surface area contributed by atoms with Gasteiger partial charge in [-0.2, -0.15) is 0 Å². The first-order chi connectivity index (χ1) is 9.20. The van der Waals surface area contributed by atoms with Crippen LogP contribution in [0.2, 0.25) is 0 Å². The van der Waals surface area contributed by atoms with E-state index in [0.717, 1.165) is 24.5 Å². The van der Waals surface area contributed by atoms with Crippen molar-refractivity contribution >= 4 is 5.69 Å². The van der Waals surface area contributed by atoms with Crippen molar-refractivity contribution in [2.75, 3.05) is 5.32 Å². The van der Waals surface area contributed by atoms with Crippen molar-refractivity contribution in [1.82, 2.24) is 0 Å². The smallest absolute Gasteiger partial charge is 0.160 e. The van der Waals surface area contributed by atoms with Crippen molar-refractivity contribution in [1.29, 1.82) is 0 Å². The fourth-order valence-corrected chi connectivity index (χ4v) is 2.08. The highest BCUT2D eigenvalue weighted by Crippen LogP contribution is 2.24. The quantitative estimate of drug-likeness (QED) is 0.805. The number of benzene rings is 2. The molecule has 0 aliphatic heterocycles. The minimum atomic E-state index is -0.826. The number of hydrogen-bond acceptors (Lipinski definition) is 1. The van der Waals surface area contributed by atoms with Crippen LogP contribution in [0.4, 0.5) is 14.5 Å². The van der Waals surface area contributed by atoms with Gasteiger partial charge >= 0.3 is 0 Å². The Morgan fingerprint density at radius 3 is 2.37 bits per heavy atom. The van der Waals surface area contributed by atoms with Gasteiger partial charge in [-0.3, -0.25) is 0 Å². The van der Waals surface area contributed by atoms with E-state index in [9.17, 15) is 8.78 Å². The Kier molecular flexibility index (Phi) is 4.50. The molecule has 0 heterocycles. The maximum absolute atomic E-state index is 13.2. The fraction of sp³-hybridized carbons (Fsp3) is 0.250. The Morgan fingerprint density at radius 2 is 1.74 bits per heavy atom. The molecule has 0 aliphatic carbocycles. The highest BCUT2D eigenvalue weighted by Gasteiger charge is 2.11. The summed E-state index contributed by atoms with van der Waals surface area (Å²) in [5.41, 5.74) is 1.75. The van der Waals surface area contributed by atoms with Gasteiger partial charge in [0.25, 0.3) is 0 Å². The summed E-state index contributed by atoms with van der Waals surface area (Å²) in [4.78, 5) is 0. The largest absolute Gasteiger partial charge is 0.378 e. The first-order valence-electron chi connectivity index (χ1n) is 6.47. The van der Waals surface area contributed by atoms with Crippen molar-refractivity contribution in [3.63, 3.8) is 0 Å². The first-order valence-corrected chi connectivity index (χ1v) is 6.47. The van der Waals surface area contributed by atoms with Crippen molar-refractivity contribution in [2.45, 2.75) is 25.8 Å². The summed E-state index contributed by atoms with van der Waals surface area (Å²) < 4.78 is 26.1. The standard InChI is InChI=1S/C16H17F2N/c1-2-6-16(12-7-4-3-5-8-12)19-13-9-10-14(17)15(18)11-13/h3-5,7-11,16,19H,2,6H2,1H3. The lowest BCUT2D eigenvalue weighted by Gasteiger charge is -2.20. The van der Waals surface area contributed by atoms with Gasteiger partial charge in [-0.25, -0.2) is 8.78 Å². The average Bonchev–Trinajstić information content (AvgIpc) is 2.43. The van der Waals surface area contributed by atoms with Crippen LogP contribution >= 0.6 is 0 Å². The molecule has 100 valence electrons. The van der Waals surface area contributed by atoms with Crippen LogP contribution in [0.15, 0.2) is 48.5 Å². The van der Waals surface area contributed by atoms with E-state index in [1.54, 1.807) is 6.07 Å². The molecule has 3 heteroatoms. The van der Waals surface area contributed by atoms with Gasteiger partial charge in [-0.15, -0.1) is 0 Å². The molecule has 1 nitrogen and oxygen atoms in total. The number of halogens is 2. The molecule has 0 saturated carbocycles. The Morgan fingerprint density at radius 1 is 1.00 bits per heavy atom. The summed E-state index contributed by atoms with van der Waals surface area (Å²) in [5, 5.41) is 3.26. The Labute approximate surface area is 112 Å². The van der Waals surface area contributed by atoms with Crippen molar-refractivity contribution < 1.29 is 8.78 Å². The molecule has 0 aromatic heterocycles. The molecule has 0 fully saturated rings. The van der Waals surface area contributed by atoms with Gasteiger partial charge in [0, 0.05) is 11.8 Å². The van der Waals surface area contributed by atoms with E-state index in [1.807, 2.05) is 30.3 Å². The highest BCUT2D eigenvalue weighted by molar-refractivity contribution is 5.46. The van der Waals surface area contributed by atoms with Gasteiger partial charge < -0.3 is 5.32 Å². The highest BCUT2D eigenvalue weighted by atomic mass is 19.2. The van der Waals surface area contributed by atoms with E-state index >= 15 is 0 Å². The first kappa shape index (κ1) is 13.5. The molecule has 0 bridgehead atoms. The minimum absolute atomic E-state index is 0.107. The predicted octanol–water partition coefficient (Wildman–Crippen LogP) is 4.92. The van der Waals surface area contributed by atoms with E-state index < -0.39 is 11.6 Å². The van der Waals surface area contributed by atoms with Gasteiger partial charge in [0.05, 0.1) is 6.04 Å². The second-order valence-electron chi connectivity index (χ2n) is 4.53. The molecule has 2 rings (SSSR count).